The number of halogens is 1. The highest BCUT2D eigenvalue weighted by Crippen LogP contribution is 2.27. The van der Waals surface area contributed by atoms with Crippen LogP contribution in [-0.4, -0.2) is 17.8 Å². The van der Waals surface area contributed by atoms with Gasteiger partial charge in [0.2, 0.25) is 0 Å². The Balaban J connectivity index is 2.07. The summed E-state index contributed by atoms with van der Waals surface area (Å²) in [5, 5.41) is 13.3. The summed E-state index contributed by atoms with van der Waals surface area (Å²) in [7, 11) is 0. The summed E-state index contributed by atoms with van der Waals surface area (Å²) in [6, 6.07) is 7.05. The minimum Gasteiger partial charge on any atom is -0.544 e. The lowest BCUT2D eigenvalue weighted by molar-refractivity contribution is -0.690. The van der Waals surface area contributed by atoms with Gasteiger partial charge in [0.05, 0.1) is 5.75 Å². The largest absolute Gasteiger partial charge is 0.544 e. The van der Waals surface area contributed by atoms with Gasteiger partial charge in [0, 0.05) is 10.6 Å². The SMILES string of the molecule is O=C([O-])[C@@H]1CS[C@H](c2ccc(Cl)cc2)[NH2+]1. The molecule has 2 atom stereocenters. The van der Waals surface area contributed by atoms with Gasteiger partial charge in [-0.1, -0.05) is 35.5 Å². The maximum atomic E-state index is 10.7. The Hall–Kier alpha value is -0.710. The second-order valence-electron chi connectivity index (χ2n) is 3.42. The van der Waals surface area contributed by atoms with Crippen LogP contribution in [0.1, 0.15) is 10.9 Å². The Morgan fingerprint density at radius 1 is 1.47 bits per heavy atom. The molecule has 0 aliphatic carbocycles. The molecular formula is C10H10ClNO2S. The molecule has 1 fully saturated rings. The zero-order chi connectivity index (χ0) is 10.8. The molecule has 0 amide bonds. The second kappa shape index (κ2) is 4.43. The van der Waals surface area contributed by atoms with E-state index in [2.05, 4.69) is 0 Å². The molecule has 2 N–H and O–H groups in total. The van der Waals surface area contributed by atoms with Crippen LogP contribution in [0.5, 0.6) is 0 Å². The van der Waals surface area contributed by atoms with Crippen LogP contribution in [-0.2, 0) is 4.79 Å². The van der Waals surface area contributed by atoms with Gasteiger partial charge in [0.25, 0.3) is 0 Å². The van der Waals surface area contributed by atoms with Gasteiger partial charge in [0.15, 0.2) is 5.37 Å². The highest BCUT2D eigenvalue weighted by Gasteiger charge is 2.30. The van der Waals surface area contributed by atoms with Crippen LogP contribution in [0.25, 0.3) is 0 Å². The minimum atomic E-state index is -0.987. The van der Waals surface area contributed by atoms with Crippen LogP contribution in [0.4, 0.5) is 0 Å². The number of quaternary nitrogens is 1. The van der Waals surface area contributed by atoms with Gasteiger partial charge < -0.3 is 15.2 Å². The lowest BCUT2D eigenvalue weighted by Crippen LogP contribution is -2.90. The number of thioether (sulfide) groups is 1. The fraction of sp³-hybridized carbons (Fsp3) is 0.300. The van der Waals surface area contributed by atoms with Crippen LogP contribution in [0.2, 0.25) is 5.02 Å². The van der Waals surface area contributed by atoms with Crippen molar-refractivity contribution in [2.75, 3.05) is 5.75 Å². The topological polar surface area (TPSA) is 56.7 Å². The maximum absolute atomic E-state index is 10.7. The average Bonchev–Trinajstić information content (AvgIpc) is 2.68. The molecule has 1 aromatic carbocycles. The molecule has 0 radical (unpaired) electrons. The lowest BCUT2D eigenvalue weighted by atomic mass is 10.2. The summed E-state index contributed by atoms with van der Waals surface area (Å²) in [5.74, 6) is -0.394. The number of hydrogen-bond donors (Lipinski definition) is 1. The Morgan fingerprint density at radius 2 is 2.13 bits per heavy atom. The molecule has 1 heterocycles. The molecule has 0 saturated carbocycles. The van der Waals surface area contributed by atoms with E-state index in [0.29, 0.717) is 10.8 Å². The van der Waals surface area contributed by atoms with E-state index in [9.17, 15) is 9.90 Å². The summed E-state index contributed by atoms with van der Waals surface area (Å²) in [4.78, 5) is 10.7. The van der Waals surface area contributed by atoms with Crippen molar-refractivity contribution >= 4 is 29.3 Å². The minimum absolute atomic E-state index is 0.144. The van der Waals surface area contributed by atoms with E-state index in [0.717, 1.165) is 5.56 Å². The van der Waals surface area contributed by atoms with Gasteiger partial charge >= 0.3 is 0 Å². The Labute approximate surface area is 96.8 Å². The first-order valence-corrected chi connectivity index (χ1v) is 6.02. The molecule has 0 bridgehead atoms. The smallest absolute Gasteiger partial charge is 0.159 e. The van der Waals surface area contributed by atoms with Crippen LogP contribution >= 0.6 is 23.4 Å². The van der Waals surface area contributed by atoms with Crippen LogP contribution in [0.3, 0.4) is 0 Å². The first kappa shape index (κ1) is 10.8. The number of carboxylic acid groups (broad SMARTS) is 1. The Bertz CT molecular complexity index is 368. The summed E-state index contributed by atoms with van der Waals surface area (Å²) >= 11 is 7.39. The fourth-order valence-electron chi connectivity index (χ4n) is 1.54. The van der Waals surface area contributed by atoms with Crippen molar-refractivity contribution in [1.82, 2.24) is 0 Å². The van der Waals surface area contributed by atoms with Gasteiger partial charge in [-0.25, -0.2) is 0 Å². The second-order valence-corrected chi connectivity index (χ2v) is 5.03. The summed E-state index contributed by atoms with van der Waals surface area (Å²) in [6.07, 6.45) is 0. The molecule has 1 saturated heterocycles. The van der Waals surface area contributed by atoms with Crippen LogP contribution in [0, 0.1) is 0 Å². The van der Waals surface area contributed by atoms with Gasteiger partial charge in [-0.3, -0.25) is 0 Å². The highest BCUT2D eigenvalue weighted by atomic mass is 35.5. The predicted octanol–water partition coefficient (Wildman–Crippen LogP) is -0.233. The molecule has 80 valence electrons. The molecule has 1 aliphatic heterocycles. The Morgan fingerprint density at radius 3 is 2.67 bits per heavy atom. The molecule has 3 nitrogen and oxygen atoms in total. The zero-order valence-electron chi connectivity index (χ0n) is 7.85. The number of hydrogen-bond acceptors (Lipinski definition) is 3. The number of benzene rings is 1. The van der Waals surface area contributed by atoms with Crippen molar-refractivity contribution in [3.63, 3.8) is 0 Å². The summed E-state index contributed by atoms with van der Waals surface area (Å²) < 4.78 is 0. The third-order valence-corrected chi connectivity index (χ3v) is 3.96. The fourth-order valence-corrected chi connectivity index (χ4v) is 2.97. The van der Waals surface area contributed by atoms with Crippen LogP contribution < -0.4 is 10.4 Å². The van der Waals surface area contributed by atoms with Crippen LogP contribution in [0.15, 0.2) is 24.3 Å². The van der Waals surface area contributed by atoms with Crippen molar-refractivity contribution in [3.8, 4) is 0 Å². The van der Waals surface area contributed by atoms with Crippen molar-refractivity contribution in [2.45, 2.75) is 11.4 Å². The number of carbonyl (C=O) groups is 1. The number of carbonyl (C=O) groups excluding carboxylic acids is 1. The number of nitrogens with two attached hydrogens (primary N) is 1. The van der Waals surface area contributed by atoms with E-state index < -0.39 is 12.0 Å². The molecule has 0 spiro atoms. The lowest BCUT2D eigenvalue weighted by Gasteiger charge is -2.10. The summed E-state index contributed by atoms with van der Waals surface area (Å²) in [5.41, 5.74) is 1.09. The first-order chi connectivity index (χ1) is 7.16. The number of aliphatic carboxylic acids is 1. The van der Waals surface area contributed by atoms with Gasteiger partial charge in [-0.05, 0) is 12.1 Å². The highest BCUT2D eigenvalue weighted by molar-refractivity contribution is 7.99. The Kier molecular flexibility index (Phi) is 3.19. The third kappa shape index (κ3) is 2.45. The van der Waals surface area contributed by atoms with Crippen molar-refractivity contribution in [1.29, 1.82) is 0 Å². The molecule has 15 heavy (non-hydrogen) atoms. The third-order valence-electron chi connectivity index (χ3n) is 2.36. The quantitative estimate of drug-likeness (QED) is 0.781. The van der Waals surface area contributed by atoms with E-state index in [1.54, 1.807) is 11.8 Å². The van der Waals surface area contributed by atoms with Crippen molar-refractivity contribution < 1.29 is 15.2 Å². The van der Waals surface area contributed by atoms with E-state index >= 15 is 0 Å². The molecular weight excluding hydrogens is 234 g/mol. The average molecular weight is 244 g/mol. The van der Waals surface area contributed by atoms with Gasteiger partial charge in [-0.15, -0.1) is 0 Å². The normalized spacial score (nSPS) is 25.4. The zero-order valence-corrected chi connectivity index (χ0v) is 9.42. The molecule has 1 aromatic rings. The summed E-state index contributed by atoms with van der Waals surface area (Å²) in [6.45, 7) is 0. The van der Waals surface area contributed by atoms with E-state index in [1.807, 2.05) is 29.6 Å². The number of rotatable bonds is 2. The molecule has 2 rings (SSSR count). The van der Waals surface area contributed by atoms with Gasteiger partial charge in [0.1, 0.15) is 12.0 Å². The molecule has 5 heteroatoms. The van der Waals surface area contributed by atoms with E-state index in [-0.39, 0.29) is 5.37 Å². The van der Waals surface area contributed by atoms with E-state index in [1.165, 1.54) is 0 Å². The standard InChI is InChI=1S/C10H10ClNO2S/c11-7-3-1-6(2-4-7)9-12-8(5-15-9)10(13)14/h1-4,8-9,12H,5H2,(H,13,14)/t8-,9+/m0/s1. The van der Waals surface area contributed by atoms with Gasteiger partial charge in [-0.2, -0.15) is 0 Å². The maximum Gasteiger partial charge on any atom is 0.159 e. The molecule has 0 aromatic heterocycles. The monoisotopic (exact) mass is 243 g/mol. The first-order valence-electron chi connectivity index (χ1n) is 4.60. The van der Waals surface area contributed by atoms with Crippen molar-refractivity contribution in [2.24, 2.45) is 0 Å². The number of carboxylic acids is 1. The van der Waals surface area contributed by atoms with Crippen molar-refractivity contribution in [3.05, 3.63) is 34.9 Å². The van der Waals surface area contributed by atoms with E-state index in [4.69, 9.17) is 11.6 Å². The molecule has 1 aliphatic rings. The predicted molar refractivity (Wildman–Crippen MR) is 57.4 cm³/mol. The molecule has 0 unspecified atom stereocenters.